The van der Waals surface area contributed by atoms with Crippen LogP contribution in [-0.2, 0) is 15.5 Å². The van der Waals surface area contributed by atoms with Crippen LogP contribution in [0.25, 0.3) is 0 Å². The Hall–Kier alpha value is -0.323. The van der Waals surface area contributed by atoms with Crippen LogP contribution < -0.4 is 0 Å². The first-order valence-corrected chi connectivity index (χ1v) is 11.2. The molecule has 1 aromatic rings. The zero-order valence-corrected chi connectivity index (χ0v) is 12.4. The molecule has 0 bridgehead atoms. The summed E-state index contributed by atoms with van der Waals surface area (Å²) < 4.78 is 22.1. The predicted octanol–water partition coefficient (Wildman–Crippen LogP) is 3.49. The average Bonchev–Trinajstić information content (AvgIpc) is 2.13. The van der Waals surface area contributed by atoms with E-state index in [1.165, 1.54) is 11.6 Å². The highest BCUT2D eigenvalue weighted by atomic mass is 35.7. The zero-order chi connectivity index (χ0) is 12.4. The Morgan fingerprint density at radius 2 is 1.62 bits per heavy atom. The minimum absolute atomic E-state index is 0.172. The molecule has 0 fully saturated rings. The summed E-state index contributed by atoms with van der Waals surface area (Å²) in [5, 5.41) is 0. The van der Waals surface area contributed by atoms with Gasteiger partial charge in [0.05, 0.1) is 4.90 Å². The van der Waals surface area contributed by atoms with Crippen molar-refractivity contribution in [3.63, 3.8) is 0 Å². The molecule has 0 spiro atoms. The average molecular weight is 277 g/mol. The lowest BCUT2D eigenvalue weighted by Gasteiger charge is -2.15. The van der Waals surface area contributed by atoms with Crippen LogP contribution in [0.4, 0.5) is 0 Å². The van der Waals surface area contributed by atoms with Gasteiger partial charge in [0.25, 0.3) is 9.05 Å². The van der Waals surface area contributed by atoms with Gasteiger partial charge >= 0.3 is 0 Å². The second-order valence-corrected chi connectivity index (χ2v) is 13.3. The smallest absolute Gasteiger partial charge is 0.207 e. The van der Waals surface area contributed by atoms with Gasteiger partial charge in [0, 0.05) is 18.8 Å². The van der Waals surface area contributed by atoms with Crippen LogP contribution in [0, 0.1) is 0 Å². The summed E-state index contributed by atoms with van der Waals surface area (Å²) in [6.45, 7) is 6.97. The first-order valence-electron chi connectivity index (χ1n) is 5.22. The number of rotatable bonds is 4. The van der Waals surface area contributed by atoms with Gasteiger partial charge in [-0.25, -0.2) is 8.42 Å². The lowest BCUT2D eigenvalue weighted by molar-refractivity contribution is 0.609. The minimum atomic E-state index is -3.58. The second-order valence-electron chi connectivity index (χ2n) is 5.14. The highest BCUT2D eigenvalue weighted by Gasteiger charge is 2.13. The van der Waals surface area contributed by atoms with Crippen LogP contribution in [0.1, 0.15) is 5.56 Å². The molecule has 0 atom stereocenters. The Labute approximate surface area is 103 Å². The highest BCUT2D eigenvalue weighted by molar-refractivity contribution is 8.13. The van der Waals surface area contributed by atoms with Gasteiger partial charge in [-0.3, -0.25) is 0 Å². The number of hydrogen-bond acceptors (Lipinski definition) is 2. The summed E-state index contributed by atoms with van der Waals surface area (Å²) in [6.07, 6.45) is 1.01. The monoisotopic (exact) mass is 276 g/mol. The zero-order valence-electron chi connectivity index (χ0n) is 9.83. The highest BCUT2D eigenvalue weighted by Crippen LogP contribution is 2.18. The molecule has 0 aliphatic heterocycles. The van der Waals surface area contributed by atoms with Crippen LogP contribution in [-0.4, -0.2) is 16.5 Å². The van der Waals surface area contributed by atoms with E-state index in [-0.39, 0.29) is 4.90 Å². The Bertz CT molecular complexity index is 446. The molecule has 0 aromatic heterocycles. The van der Waals surface area contributed by atoms with Crippen molar-refractivity contribution in [1.29, 1.82) is 0 Å². The van der Waals surface area contributed by atoms with Crippen LogP contribution in [0.5, 0.6) is 0 Å². The number of aryl methyl sites for hydroxylation is 1. The maximum Gasteiger partial charge on any atom is 0.261 e. The van der Waals surface area contributed by atoms with E-state index >= 15 is 0 Å². The summed E-state index contributed by atoms with van der Waals surface area (Å²) >= 11 is 0. The molecule has 0 aliphatic rings. The summed E-state index contributed by atoms with van der Waals surface area (Å²) in [7, 11) is 0.623. The van der Waals surface area contributed by atoms with Crippen LogP contribution in [0.3, 0.4) is 0 Å². The molecule has 0 amide bonds. The Balaban J connectivity index is 2.73. The van der Waals surface area contributed by atoms with Crippen molar-refractivity contribution in [2.45, 2.75) is 37.0 Å². The fourth-order valence-corrected chi connectivity index (χ4v) is 3.15. The molecule has 0 saturated carbocycles. The molecule has 0 aliphatic carbocycles. The normalized spacial score (nSPS) is 12.8. The van der Waals surface area contributed by atoms with Gasteiger partial charge in [0.1, 0.15) is 0 Å². The van der Waals surface area contributed by atoms with Gasteiger partial charge in [-0.15, -0.1) is 0 Å². The Morgan fingerprint density at radius 3 is 2.00 bits per heavy atom. The van der Waals surface area contributed by atoms with Gasteiger partial charge in [-0.05, 0) is 24.1 Å². The summed E-state index contributed by atoms with van der Waals surface area (Å²) in [6, 6.07) is 8.04. The van der Waals surface area contributed by atoms with E-state index in [2.05, 4.69) is 19.6 Å². The molecule has 90 valence electrons. The number of benzene rings is 1. The maximum atomic E-state index is 11.0. The summed E-state index contributed by atoms with van der Waals surface area (Å²) in [5.41, 5.74) is 1.17. The third-order valence-electron chi connectivity index (χ3n) is 2.37. The standard InChI is InChI=1S/C11H17ClO2SSi/c1-16(2,3)9-8-10-4-6-11(7-5-10)15(12,13)14/h4-7H,8-9H2,1-3H3. The van der Waals surface area contributed by atoms with Crippen molar-refractivity contribution in [2.75, 3.05) is 0 Å². The largest absolute Gasteiger partial charge is 0.261 e. The van der Waals surface area contributed by atoms with E-state index in [4.69, 9.17) is 10.7 Å². The molecule has 0 unspecified atom stereocenters. The first-order chi connectivity index (χ1) is 7.18. The fraction of sp³-hybridized carbons (Fsp3) is 0.455. The van der Waals surface area contributed by atoms with Gasteiger partial charge < -0.3 is 0 Å². The minimum Gasteiger partial charge on any atom is -0.207 e. The quantitative estimate of drug-likeness (QED) is 0.623. The van der Waals surface area contributed by atoms with E-state index in [9.17, 15) is 8.42 Å². The fourth-order valence-electron chi connectivity index (χ4n) is 1.34. The molecular formula is C11H17ClO2SSi. The van der Waals surface area contributed by atoms with Crippen molar-refractivity contribution in [3.05, 3.63) is 29.8 Å². The van der Waals surface area contributed by atoms with Crippen molar-refractivity contribution >= 4 is 27.8 Å². The van der Waals surface area contributed by atoms with E-state index in [0.717, 1.165) is 6.42 Å². The van der Waals surface area contributed by atoms with Crippen molar-refractivity contribution in [3.8, 4) is 0 Å². The van der Waals surface area contributed by atoms with E-state index in [1.807, 2.05) is 12.1 Å². The molecule has 16 heavy (non-hydrogen) atoms. The molecule has 0 saturated heterocycles. The van der Waals surface area contributed by atoms with Crippen molar-refractivity contribution < 1.29 is 8.42 Å². The maximum absolute atomic E-state index is 11.0. The number of halogens is 1. The van der Waals surface area contributed by atoms with Crippen molar-refractivity contribution in [2.24, 2.45) is 0 Å². The van der Waals surface area contributed by atoms with Crippen LogP contribution >= 0.6 is 10.7 Å². The molecule has 0 N–H and O–H groups in total. The van der Waals surface area contributed by atoms with E-state index in [1.54, 1.807) is 12.1 Å². The van der Waals surface area contributed by atoms with Crippen LogP contribution in [0.15, 0.2) is 29.2 Å². The SMILES string of the molecule is C[Si](C)(C)CCc1ccc(S(=O)(=O)Cl)cc1. The Morgan fingerprint density at radius 1 is 1.12 bits per heavy atom. The first kappa shape index (κ1) is 13.7. The van der Waals surface area contributed by atoms with Crippen molar-refractivity contribution in [1.82, 2.24) is 0 Å². The molecule has 0 heterocycles. The lowest BCUT2D eigenvalue weighted by atomic mass is 10.2. The molecule has 2 nitrogen and oxygen atoms in total. The molecular weight excluding hydrogens is 260 g/mol. The van der Waals surface area contributed by atoms with E-state index < -0.39 is 17.1 Å². The second kappa shape index (κ2) is 4.90. The molecule has 1 aromatic carbocycles. The molecule has 1 rings (SSSR count). The van der Waals surface area contributed by atoms with Crippen LogP contribution in [0.2, 0.25) is 25.7 Å². The Kier molecular flexibility index (Phi) is 4.21. The molecule has 5 heteroatoms. The lowest BCUT2D eigenvalue weighted by Crippen LogP contribution is -2.19. The predicted molar refractivity (Wildman–Crippen MR) is 71.3 cm³/mol. The third-order valence-corrected chi connectivity index (χ3v) is 5.49. The topological polar surface area (TPSA) is 34.1 Å². The van der Waals surface area contributed by atoms with E-state index in [0.29, 0.717) is 0 Å². The molecule has 0 radical (unpaired) electrons. The van der Waals surface area contributed by atoms with Gasteiger partial charge in [0.2, 0.25) is 0 Å². The number of hydrogen-bond donors (Lipinski definition) is 0. The summed E-state index contributed by atoms with van der Waals surface area (Å²) in [4.78, 5) is 0.172. The van der Waals surface area contributed by atoms with Gasteiger partial charge in [0.15, 0.2) is 0 Å². The van der Waals surface area contributed by atoms with Gasteiger partial charge in [-0.1, -0.05) is 37.8 Å². The summed E-state index contributed by atoms with van der Waals surface area (Å²) in [5.74, 6) is 0. The third kappa shape index (κ3) is 4.68. The van der Waals surface area contributed by atoms with Gasteiger partial charge in [-0.2, -0.15) is 0 Å².